The molecule has 8 rings (SSSR count). The zero-order valence-electron chi connectivity index (χ0n) is 39.4. The Morgan fingerprint density at radius 1 is 0.712 bits per heavy atom. The van der Waals surface area contributed by atoms with Crippen LogP contribution in [0.25, 0.3) is 11.1 Å². The molecule has 3 aliphatic heterocycles. The van der Waals surface area contributed by atoms with Gasteiger partial charge in [-0.3, -0.25) is 19.2 Å². The molecule has 0 unspecified atom stereocenters. The van der Waals surface area contributed by atoms with Crippen LogP contribution in [0.5, 0.6) is 23.0 Å². The molecule has 18 atom stereocenters. The second-order valence-electron chi connectivity index (χ2n) is 18.4. The molecule has 3 saturated heterocycles. The van der Waals surface area contributed by atoms with Gasteiger partial charge in [0.1, 0.15) is 102 Å². The number of ether oxygens (including phenoxy) is 7. The number of hydrogen-bond donors (Lipinski definition) is 15. The van der Waals surface area contributed by atoms with Crippen molar-refractivity contribution in [1.29, 1.82) is 0 Å². The van der Waals surface area contributed by atoms with Crippen LogP contribution in [0.3, 0.4) is 0 Å². The summed E-state index contributed by atoms with van der Waals surface area (Å²) in [7, 11) is 2.70. The van der Waals surface area contributed by atoms with E-state index in [-0.39, 0.29) is 16.9 Å². The Balaban J connectivity index is 1.34. The molecule has 5 aliphatic rings. The first-order valence-corrected chi connectivity index (χ1v) is 22.9. The van der Waals surface area contributed by atoms with Gasteiger partial charge in [0, 0.05) is 28.3 Å². The Kier molecular flexibility index (Phi) is 15.2. The van der Waals surface area contributed by atoms with Crippen LogP contribution in [-0.2, 0) is 28.5 Å². The van der Waals surface area contributed by atoms with Gasteiger partial charge >= 0.3 is 5.97 Å². The first kappa shape index (κ1) is 53.8. The minimum Gasteiger partial charge on any atom is -0.507 e. The molecule has 0 radical (unpaired) electrons. The van der Waals surface area contributed by atoms with Gasteiger partial charge in [0.25, 0.3) is 5.91 Å². The van der Waals surface area contributed by atoms with E-state index < -0.39 is 209 Å². The van der Waals surface area contributed by atoms with Gasteiger partial charge < -0.3 is 110 Å². The zero-order chi connectivity index (χ0) is 53.4. The number of amides is 1. The molecule has 15 N–H and O–H groups in total. The molecule has 26 heteroatoms. The highest BCUT2D eigenvalue weighted by Gasteiger charge is 2.53. The largest absolute Gasteiger partial charge is 0.507 e. The third-order valence-corrected chi connectivity index (χ3v) is 13.9. The maximum Gasteiger partial charge on any atom is 0.325 e. The van der Waals surface area contributed by atoms with Gasteiger partial charge in [0.2, 0.25) is 6.29 Å². The van der Waals surface area contributed by atoms with Crippen LogP contribution in [0.15, 0.2) is 24.3 Å². The van der Waals surface area contributed by atoms with E-state index >= 15 is 0 Å². The third-order valence-electron chi connectivity index (χ3n) is 13.9. The van der Waals surface area contributed by atoms with Gasteiger partial charge in [-0.2, -0.15) is 0 Å². The van der Waals surface area contributed by atoms with Crippen LogP contribution >= 0.6 is 0 Å². The highest BCUT2D eigenvalue weighted by atomic mass is 16.7. The quantitative estimate of drug-likeness (QED) is 0.0611. The Morgan fingerprint density at radius 2 is 1.29 bits per heavy atom. The summed E-state index contributed by atoms with van der Waals surface area (Å²) >= 11 is 0. The molecule has 0 spiro atoms. The van der Waals surface area contributed by atoms with Crippen LogP contribution in [0.4, 0.5) is 0 Å². The number of carboxylic acid groups (broad SMARTS) is 1. The fraction of sp³-hybridized carbons (Fsp3) is 0.532. The number of benzene rings is 3. The maximum absolute atomic E-state index is 14.5. The van der Waals surface area contributed by atoms with Crippen LogP contribution in [0, 0.1) is 6.92 Å². The summed E-state index contributed by atoms with van der Waals surface area (Å²) in [5.41, 5.74) is -4.50. The summed E-state index contributed by atoms with van der Waals surface area (Å²) < 4.78 is 41.4. The summed E-state index contributed by atoms with van der Waals surface area (Å²) in [5.74, 6) is -7.22. The van der Waals surface area contributed by atoms with E-state index in [9.17, 15) is 85.6 Å². The van der Waals surface area contributed by atoms with Crippen molar-refractivity contribution in [2.45, 2.75) is 131 Å². The number of phenolic OH excluding ortho intramolecular Hbond substituents is 2. The molecule has 1 amide bonds. The molecule has 0 bridgehead atoms. The number of aliphatic hydroxyl groups is 10. The van der Waals surface area contributed by atoms with Crippen molar-refractivity contribution in [2.24, 2.45) is 0 Å². The van der Waals surface area contributed by atoms with E-state index in [1.807, 2.05) is 0 Å². The number of carboxylic acids is 1. The maximum atomic E-state index is 14.5. The monoisotopic (exact) mass is 1030 g/mol. The lowest BCUT2D eigenvalue weighted by Crippen LogP contribution is -2.66. The lowest BCUT2D eigenvalue weighted by atomic mass is 9.74. The van der Waals surface area contributed by atoms with E-state index in [0.717, 1.165) is 25.1 Å². The fourth-order valence-corrected chi connectivity index (χ4v) is 9.95. The number of likely N-dealkylation sites (N-methyl/N-ethyl adjacent to an activating group) is 1. The summed E-state index contributed by atoms with van der Waals surface area (Å²) in [6, 6.07) is 1.87. The predicted octanol–water partition coefficient (Wildman–Crippen LogP) is -3.78. The number of hydrogen-bond acceptors (Lipinski definition) is 24. The molecule has 0 saturated carbocycles. The number of aliphatic hydroxyl groups excluding tert-OH is 10. The van der Waals surface area contributed by atoms with Gasteiger partial charge in [-0.05, 0) is 56.6 Å². The number of carbonyl (C=O) groups is 4. The SMILES string of the molecule is CN[C@@H]1[C@H](O[C@@H]2O[C@H](CO)[C@@H](O)[C@H](O)[C@H]2O)[C@@H](O)[C@H](O[C@H]2c3cc(C)c(C(=O)N[C@H](C)C(=O)O)c(O[C@@H]4O[C@H](CO)[C@@H](O)[C@H](O)[C@H]4O)c3-c3c(cc4c(c3O)C(=O)c3cc(OC)cc(O)c3C4=O)[C@@H]2O)O[C@@H]1C. The van der Waals surface area contributed by atoms with Crippen LogP contribution in [0.1, 0.15) is 84.9 Å². The van der Waals surface area contributed by atoms with Crippen LogP contribution < -0.4 is 20.1 Å². The molecule has 398 valence electrons. The highest BCUT2D eigenvalue weighted by molar-refractivity contribution is 6.31. The van der Waals surface area contributed by atoms with Crippen molar-refractivity contribution in [3.05, 3.63) is 68.8 Å². The number of nitrogens with one attached hydrogen (secondary N) is 2. The van der Waals surface area contributed by atoms with Crippen LogP contribution in [-0.4, -0.2) is 215 Å². The Bertz CT molecular complexity index is 2660. The second kappa shape index (κ2) is 20.7. The van der Waals surface area contributed by atoms with E-state index in [4.69, 9.17) is 33.2 Å². The number of aryl methyl sites for hydroxylation is 1. The molecule has 3 heterocycles. The van der Waals surface area contributed by atoms with Crippen molar-refractivity contribution in [2.75, 3.05) is 27.4 Å². The number of aromatic hydroxyl groups is 2. The molecular formula is C47H56N2O24. The number of carbonyl (C=O) groups excluding carboxylic acids is 3. The minimum absolute atomic E-state index is 0.0562. The van der Waals surface area contributed by atoms with Crippen molar-refractivity contribution in [3.63, 3.8) is 0 Å². The molecule has 3 aromatic carbocycles. The van der Waals surface area contributed by atoms with Gasteiger partial charge in [-0.1, -0.05) is 6.07 Å². The van der Waals surface area contributed by atoms with E-state index in [0.29, 0.717) is 0 Å². The van der Waals surface area contributed by atoms with E-state index in [1.165, 1.54) is 34.1 Å². The van der Waals surface area contributed by atoms with Gasteiger partial charge in [0.05, 0.1) is 49.2 Å². The molecule has 2 aliphatic carbocycles. The van der Waals surface area contributed by atoms with Crippen molar-refractivity contribution in [3.8, 4) is 34.1 Å². The van der Waals surface area contributed by atoms with E-state index in [1.54, 1.807) is 0 Å². The zero-order valence-corrected chi connectivity index (χ0v) is 39.4. The summed E-state index contributed by atoms with van der Waals surface area (Å²) in [6.07, 6.45) is -29.0. The minimum atomic E-state index is -2.17. The second-order valence-corrected chi connectivity index (χ2v) is 18.4. The average Bonchev–Trinajstić information content (AvgIpc) is 3.35. The molecule has 73 heavy (non-hydrogen) atoms. The Labute approximate surface area is 413 Å². The first-order chi connectivity index (χ1) is 34.5. The first-order valence-electron chi connectivity index (χ1n) is 22.9. The van der Waals surface area contributed by atoms with Gasteiger partial charge in [0.15, 0.2) is 24.1 Å². The fourth-order valence-electron chi connectivity index (χ4n) is 9.95. The number of methoxy groups -OCH3 is 1. The number of ketones is 2. The number of phenols is 2. The van der Waals surface area contributed by atoms with Crippen molar-refractivity contribution >= 4 is 23.4 Å². The van der Waals surface area contributed by atoms with Crippen molar-refractivity contribution < 1.29 is 119 Å². The third kappa shape index (κ3) is 9.09. The topological polar surface area (TPSA) is 420 Å². The molecule has 3 aromatic rings. The van der Waals surface area contributed by atoms with E-state index in [2.05, 4.69) is 10.6 Å². The number of aliphatic carboxylic acids is 1. The summed E-state index contributed by atoms with van der Waals surface area (Å²) in [4.78, 5) is 55.3. The molecule has 3 fully saturated rings. The normalized spacial score (nSPS) is 34.2. The number of rotatable bonds is 13. The van der Waals surface area contributed by atoms with Gasteiger partial charge in [-0.15, -0.1) is 0 Å². The lowest BCUT2D eigenvalue weighted by Gasteiger charge is -2.48. The van der Waals surface area contributed by atoms with Gasteiger partial charge in [-0.25, -0.2) is 0 Å². The lowest BCUT2D eigenvalue weighted by molar-refractivity contribution is -0.351. The standard InChI is InChI=1S/C47H56N2O24/c1-12-6-19-26(41(23(12)43(64)49-13(2)44(65)66)72-45-37(61)35(59)32(56)21(10-50)69-45)25-17(9-18-27(34(25)58)30(54)16-7-15(67-5)8-20(52)24(16)29(18)53)31(55)40(19)71-47-39(63)42(28(48-4)14(3)68-47)73-46-38(62)36(60)33(57)22(11-51)70-46/h6-9,13-14,21-22,28,31-33,35-40,42,45-48,50-52,55-63H,10-11H2,1-5H3,(H,49,64)(H,65,66)/t13-,14-,21-,22-,28+,31+,32-,33-,35+,36+,37-,38-,39-,40+,42+,45+,46+,47+/m1/s1. The molecule has 26 nitrogen and oxygen atoms in total. The predicted molar refractivity (Wildman–Crippen MR) is 239 cm³/mol. The van der Waals surface area contributed by atoms with Crippen molar-refractivity contribution in [1.82, 2.24) is 10.6 Å². The molecule has 0 aromatic heterocycles. The highest BCUT2D eigenvalue weighted by Crippen LogP contribution is 2.57. The smallest absolute Gasteiger partial charge is 0.325 e. The average molecular weight is 1030 g/mol. The summed E-state index contributed by atoms with van der Waals surface area (Å²) in [5, 5.41) is 148. The van der Waals surface area contributed by atoms with Crippen LogP contribution in [0.2, 0.25) is 0 Å². The summed E-state index contributed by atoms with van der Waals surface area (Å²) in [6.45, 7) is 2.19. The number of fused-ring (bicyclic) bond motifs is 5. The Morgan fingerprint density at radius 3 is 1.88 bits per heavy atom. The molecular weight excluding hydrogens is 977 g/mol. The Hall–Kier alpha value is -5.50.